The maximum atomic E-state index is 13.0. The van der Waals surface area contributed by atoms with Crippen molar-refractivity contribution in [2.45, 2.75) is 46.4 Å². The Bertz CT molecular complexity index is 1240. The van der Waals surface area contributed by atoms with Crippen molar-refractivity contribution in [1.29, 1.82) is 0 Å². The Morgan fingerprint density at radius 3 is 2.56 bits per heavy atom. The molecule has 0 aromatic carbocycles. The van der Waals surface area contributed by atoms with E-state index in [-0.39, 0.29) is 0 Å². The van der Waals surface area contributed by atoms with Gasteiger partial charge in [0.2, 0.25) is 0 Å². The van der Waals surface area contributed by atoms with Crippen molar-refractivity contribution >= 4 is 37.9 Å². The Balaban J connectivity index is 2.11. The third-order valence-electron chi connectivity index (χ3n) is 5.29. The normalized spacial score (nSPS) is 13.0. The van der Waals surface area contributed by atoms with Gasteiger partial charge in [-0.2, -0.15) is 5.10 Å². The van der Waals surface area contributed by atoms with E-state index in [0.29, 0.717) is 5.75 Å². The quantitative estimate of drug-likeness (QED) is 0.503. The first-order valence-corrected chi connectivity index (χ1v) is 11.1. The molecule has 4 aromatic heterocycles. The van der Waals surface area contributed by atoms with Crippen molar-refractivity contribution in [3.8, 4) is 10.7 Å². The maximum Gasteiger partial charge on any atom is 0.146 e. The Morgan fingerprint density at radius 1 is 1.11 bits per heavy atom. The predicted molar refractivity (Wildman–Crippen MR) is 112 cm³/mol. The molecule has 0 bridgehead atoms. The molecule has 4 aromatic rings. The van der Waals surface area contributed by atoms with Crippen LogP contribution >= 0.6 is 11.3 Å². The third kappa shape index (κ3) is 2.72. The SMILES string of the molecule is CCS(=O)c1c(-c2nc3cc(C)ncc3s2)nn2c(C)c(C)c(C)c(C)c12. The van der Waals surface area contributed by atoms with E-state index in [1.54, 1.807) is 11.3 Å². The largest absolute Gasteiger partial charge is 0.260 e. The topological polar surface area (TPSA) is 60.2 Å². The summed E-state index contributed by atoms with van der Waals surface area (Å²) in [5.41, 5.74) is 8.18. The van der Waals surface area contributed by atoms with Crippen LogP contribution < -0.4 is 0 Å². The lowest BCUT2D eigenvalue weighted by Gasteiger charge is -2.12. The minimum Gasteiger partial charge on any atom is -0.260 e. The molecular weight excluding hydrogens is 376 g/mol. The van der Waals surface area contributed by atoms with Crippen molar-refractivity contribution in [2.24, 2.45) is 0 Å². The standard InChI is InChI=1S/C20H22N4OS2/c1-7-27(25)19-17(20-22-15-8-10(2)21-9-16(15)26-20)23-24-14(6)12(4)11(3)13(5)18(19)24/h8-9H,7H2,1-6H3. The summed E-state index contributed by atoms with van der Waals surface area (Å²) < 4.78 is 16.0. The minimum absolute atomic E-state index is 0.547. The van der Waals surface area contributed by atoms with E-state index in [4.69, 9.17) is 10.1 Å². The van der Waals surface area contributed by atoms with Crippen molar-refractivity contribution in [3.63, 3.8) is 0 Å². The maximum absolute atomic E-state index is 13.0. The van der Waals surface area contributed by atoms with Gasteiger partial charge in [0, 0.05) is 23.3 Å². The monoisotopic (exact) mass is 398 g/mol. The fraction of sp³-hybridized carbons (Fsp3) is 0.350. The molecule has 5 nitrogen and oxygen atoms in total. The van der Waals surface area contributed by atoms with Gasteiger partial charge in [-0.3, -0.25) is 9.19 Å². The Hall–Kier alpha value is -2.12. The van der Waals surface area contributed by atoms with Gasteiger partial charge < -0.3 is 0 Å². The average molecular weight is 399 g/mol. The van der Waals surface area contributed by atoms with Crippen molar-refractivity contribution < 1.29 is 4.21 Å². The van der Waals surface area contributed by atoms with Gasteiger partial charge in [0.1, 0.15) is 10.7 Å². The second-order valence-electron chi connectivity index (χ2n) is 6.85. The molecule has 0 N–H and O–H groups in total. The van der Waals surface area contributed by atoms with Crippen LogP contribution in [0.1, 0.15) is 35.0 Å². The zero-order valence-electron chi connectivity index (χ0n) is 16.4. The molecule has 0 aliphatic heterocycles. The lowest BCUT2D eigenvalue weighted by atomic mass is 10.0. The van der Waals surface area contributed by atoms with Crippen molar-refractivity contribution in [3.05, 3.63) is 40.3 Å². The highest BCUT2D eigenvalue weighted by molar-refractivity contribution is 7.85. The summed E-state index contributed by atoms with van der Waals surface area (Å²) in [6.45, 7) is 12.3. The van der Waals surface area contributed by atoms with Crippen LogP contribution in [0.5, 0.6) is 0 Å². The Morgan fingerprint density at radius 2 is 1.85 bits per heavy atom. The number of nitrogens with zero attached hydrogens (tertiary/aromatic N) is 4. The molecule has 7 heteroatoms. The summed E-state index contributed by atoms with van der Waals surface area (Å²) in [5, 5.41) is 5.68. The van der Waals surface area contributed by atoms with Gasteiger partial charge in [0.05, 0.1) is 31.4 Å². The van der Waals surface area contributed by atoms with E-state index in [9.17, 15) is 4.21 Å². The summed E-state index contributed by atoms with van der Waals surface area (Å²) in [6, 6.07) is 1.98. The van der Waals surface area contributed by atoms with Crippen molar-refractivity contribution in [1.82, 2.24) is 19.6 Å². The summed E-state index contributed by atoms with van der Waals surface area (Å²) in [7, 11) is -1.14. The molecular formula is C20H22N4OS2. The molecule has 0 radical (unpaired) electrons. The van der Waals surface area contributed by atoms with E-state index < -0.39 is 10.8 Å². The minimum atomic E-state index is -1.14. The first kappa shape index (κ1) is 18.3. The number of rotatable bonds is 3. The number of pyridine rings is 2. The highest BCUT2D eigenvalue weighted by Crippen LogP contribution is 2.37. The summed E-state index contributed by atoms with van der Waals surface area (Å²) >= 11 is 1.55. The molecule has 1 atom stereocenters. The number of hydrogen-bond acceptors (Lipinski definition) is 5. The summed E-state index contributed by atoms with van der Waals surface area (Å²) in [6.07, 6.45) is 1.85. The van der Waals surface area contributed by atoms with Gasteiger partial charge >= 0.3 is 0 Å². The molecule has 4 rings (SSSR count). The number of aromatic nitrogens is 4. The third-order valence-corrected chi connectivity index (χ3v) is 7.67. The molecule has 0 amide bonds. The number of fused-ring (bicyclic) bond motifs is 2. The van der Waals surface area contributed by atoms with Crippen LogP contribution in [0, 0.1) is 34.6 Å². The predicted octanol–water partition coefficient (Wildman–Crippen LogP) is 4.68. The number of aryl methyl sites for hydroxylation is 3. The first-order chi connectivity index (χ1) is 12.8. The van der Waals surface area contributed by atoms with Crippen LogP contribution in [0.3, 0.4) is 0 Å². The Labute approximate surface area is 164 Å². The van der Waals surface area contributed by atoms with Crippen LogP contribution in [0.25, 0.3) is 26.4 Å². The number of hydrogen-bond donors (Lipinski definition) is 0. The molecule has 0 saturated heterocycles. The van der Waals surface area contributed by atoms with E-state index in [0.717, 1.165) is 48.3 Å². The second-order valence-corrected chi connectivity index (χ2v) is 9.55. The highest BCUT2D eigenvalue weighted by Gasteiger charge is 2.25. The smallest absolute Gasteiger partial charge is 0.146 e. The van der Waals surface area contributed by atoms with E-state index in [2.05, 4.69) is 32.7 Å². The first-order valence-electron chi connectivity index (χ1n) is 8.94. The molecule has 140 valence electrons. The van der Waals surface area contributed by atoms with E-state index in [1.165, 1.54) is 11.1 Å². The van der Waals surface area contributed by atoms with Gasteiger partial charge in [0.15, 0.2) is 0 Å². The summed E-state index contributed by atoms with van der Waals surface area (Å²) in [5.74, 6) is 0.547. The van der Waals surface area contributed by atoms with Crippen LogP contribution in [0.15, 0.2) is 17.2 Å². The van der Waals surface area contributed by atoms with Gasteiger partial charge in [-0.15, -0.1) is 11.3 Å². The van der Waals surface area contributed by atoms with E-state index >= 15 is 0 Å². The van der Waals surface area contributed by atoms with Gasteiger partial charge in [-0.25, -0.2) is 9.50 Å². The zero-order valence-corrected chi connectivity index (χ0v) is 18.0. The average Bonchev–Trinajstić information content (AvgIpc) is 3.25. The molecule has 27 heavy (non-hydrogen) atoms. The van der Waals surface area contributed by atoms with Gasteiger partial charge in [-0.05, 0) is 57.4 Å². The van der Waals surface area contributed by atoms with Crippen LogP contribution in [0.2, 0.25) is 0 Å². The molecule has 0 saturated carbocycles. The molecule has 0 fully saturated rings. The fourth-order valence-corrected chi connectivity index (χ4v) is 5.47. The molecule has 0 spiro atoms. The molecule has 0 aliphatic rings. The Kier molecular flexibility index (Phi) is 4.39. The highest BCUT2D eigenvalue weighted by atomic mass is 32.2. The number of thiazole rings is 1. The van der Waals surface area contributed by atoms with Crippen molar-refractivity contribution in [2.75, 3.05) is 5.75 Å². The van der Waals surface area contributed by atoms with Crippen LogP contribution in [0.4, 0.5) is 0 Å². The lowest BCUT2D eigenvalue weighted by Crippen LogP contribution is -2.03. The van der Waals surface area contributed by atoms with Gasteiger partial charge in [0.25, 0.3) is 0 Å². The summed E-state index contributed by atoms with van der Waals surface area (Å²) in [4.78, 5) is 9.95. The molecule has 1 unspecified atom stereocenters. The van der Waals surface area contributed by atoms with E-state index in [1.807, 2.05) is 30.6 Å². The molecule has 0 aliphatic carbocycles. The fourth-order valence-electron chi connectivity index (χ4n) is 3.40. The van der Waals surface area contributed by atoms with Crippen LogP contribution in [-0.2, 0) is 10.8 Å². The molecule has 4 heterocycles. The zero-order chi connectivity index (χ0) is 19.5. The van der Waals surface area contributed by atoms with Gasteiger partial charge in [-0.1, -0.05) is 6.92 Å². The second kappa shape index (κ2) is 6.49. The lowest BCUT2D eigenvalue weighted by molar-refractivity contribution is 0.684. The van der Waals surface area contributed by atoms with Crippen LogP contribution in [-0.4, -0.2) is 29.5 Å².